The molecule has 174 valence electrons. The number of carbonyl (C=O) groups excluding carboxylic acids is 2. The van der Waals surface area contributed by atoms with Gasteiger partial charge in [0.1, 0.15) is 4.83 Å². The number of hydrogen-bond acceptors (Lipinski definition) is 6. The smallest absolute Gasteiger partial charge is 0.413 e. The molecule has 34 heavy (non-hydrogen) atoms. The number of anilines is 2. The molecule has 4 rings (SSSR count). The largest absolute Gasteiger partial charge is 0.452 e. The highest BCUT2D eigenvalue weighted by Gasteiger charge is 2.14. The number of aromatic nitrogens is 2. The summed E-state index contributed by atoms with van der Waals surface area (Å²) in [6.07, 6.45) is 1.12. The van der Waals surface area contributed by atoms with Gasteiger partial charge in [-0.05, 0) is 36.8 Å². The van der Waals surface area contributed by atoms with Crippen LogP contribution in [0.25, 0.3) is 21.3 Å². The van der Waals surface area contributed by atoms with E-state index in [0.717, 1.165) is 16.7 Å². The molecule has 0 aliphatic rings. The fraction of sp³-hybridized carbons (Fsp3) is 0.200. The Balaban J connectivity index is 1.45. The van der Waals surface area contributed by atoms with Gasteiger partial charge in [0.05, 0.1) is 18.8 Å². The predicted octanol–water partition coefficient (Wildman–Crippen LogP) is 4.66. The van der Waals surface area contributed by atoms with Gasteiger partial charge in [0.25, 0.3) is 5.56 Å². The number of fused-ring (bicyclic) bond motifs is 1. The second-order valence-electron chi connectivity index (χ2n) is 7.81. The molecule has 9 heteroatoms. The SMILES string of the molecule is COC(=O)N(C)c1ccc(NC(=O)CCn2cnc3scc(-c4ccc(C)cc4)c3c2=O)cc1. The van der Waals surface area contributed by atoms with E-state index in [0.29, 0.717) is 21.6 Å². The Bertz CT molecular complexity index is 1390. The average Bonchev–Trinajstić information content (AvgIpc) is 3.28. The first-order valence-electron chi connectivity index (χ1n) is 10.6. The average molecular weight is 477 g/mol. The molecule has 2 aromatic heterocycles. The van der Waals surface area contributed by atoms with Crippen molar-refractivity contribution >= 4 is 44.9 Å². The third-order valence-corrected chi connectivity index (χ3v) is 6.38. The lowest BCUT2D eigenvalue weighted by molar-refractivity contribution is -0.116. The number of methoxy groups -OCH3 is 1. The van der Waals surface area contributed by atoms with E-state index in [1.165, 1.54) is 34.2 Å². The molecule has 0 saturated heterocycles. The van der Waals surface area contributed by atoms with Gasteiger partial charge in [-0.3, -0.25) is 19.1 Å². The zero-order chi connectivity index (χ0) is 24.2. The number of benzene rings is 2. The van der Waals surface area contributed by atoms with Gasteiger partial charge in [-0.2, -0.15) is 0 Å². The van der Waals surface area contributed by atoms with Gasteiger partial charge in [-0.25, -0.2) is 9.78 Å². The van der Waals surface area contributed by atoms with Crippen LogP contribution in [0.15, 0.2) is 65.0 Å². The zero-order valence-corrected chi connectivity index (χ0v) is 19.9. The minimum atomic E-state index is -0.482. The number of amides is 2. The maximum atomic E-state index is 13.2. The lowest BCUT2D eigenvalue weighted by atomic mass is 10.1. The summed E-state index contributed by atoms with van der Waals surface area (Å²) in [5.74, 6) is -0.231. The molecule has 0 bridgehead atoms. The Kier molecular flexibility index (Phi) is 6.74. The third kappa shape index (κ3) is 4.84. The van der Waals surface area contributed by atoms with Crippen molar-refractivity contribution in [2.45, 2.75) is 19.9 Å². The first-order valence-corrected chi connectivity index (χ1v) is 11.5. The maximum Gasteiger partial charge on any atom is 0.413 e. The van der Waals surface area contributed by atoms with Crippen molar-refractivity contribution in [1.82, 2.24) is 9.55 Å². The molecule has 0 saturated carbocycles. The van der Waals surface area contributed by atoms with Gasteiger partial charge >= 0.3 is 6.09 Å². The number of hydrogen-bond donors (Lipinski definition) is 1. The Morgan fingerprint density at radius 1 is 1.12 bits per heavy atom. The number of carbonyl (C=O) groups is 2. The van der Waals surface area contributed by atoms with Crippen molar-refractivity contribution in [2.24, 2.45) is 0 Å². The molecule has 2 aromatic carbocycles. The highest BCUT2D eigenvalue weighted by atomic mass is 32.1. The van der Waals surface area contributed by atoms with Crippen LogP contribution in [-0.2, 0) is 16.1 Å². The van der Waals surface area contributed by atoms with Crippen LogP contribution < -0.4 is 15.8 Å². The summed E-state index contributed by atoms with van der Waals surface area (Å²) in [6, 6.07) is 14.8. The molecule has 0 atom stereocenters. The topological polar surface area (TPSA) is 93.5 Å². The van der Waals surface area contributed by atoms with E-state index in [1.54, 1.807) is 31.3 Å². The molecule has 4 aromatic rings. The number of ether oxygens (including phenoxy) is 1. The van der Waals surface area contributed by atoms with Crippen LogP contribution in [0.2, 0.25) is 0 Å². The molecule has 8 nitrogen and oxygen atoms in total. The van der Waals surface area contributed by atoms with Gasteiger partial charge in [0.2, 0.25) is 5.91 Å². The van der Waals surface area contributed by atoms with Crippen molar-refractivity contribution < 1.29 is 14.3 Å². The summed E-state index contributed by atoms with van der Waals surface area (Å²) in [4.78, 5) is 43.7. The van der Waals surface area contributed by atoms with Gasteiger partial charge in [0.15, 0.2) is 0 Å². The molecular weight excluding hydrogens is 452 g/mol. The molecule has 2 heterocycles. The van der Waals surface area contributed by atoms with Crippen molar-refractivity contribution in [3.8, 4) is 11.1 Å². The summed E-state index contributed by atoms with van der Waals surface area (Å²) in [7, 11) is 2.91. The Morgan fingerprint density at radius 2 is 1.82 bits per heavy atom. The van der Waals surface area contributed by atoms with E-state index in [9.17, 15) is 14.4 Å². The van der Waals surface area contributed by atoms with Crippen molar-refractivity contribution in [3.05, 3.63) is 76.2 Å². The van der Waals surface area contributed by atoms with E-state index in [2.05, 4.69) is 15.0 Å². The number of nitrogens with one attached hydrogen (secondary N) is 1. The lowest BCUT2D eigenvalue weighted by Crippen LogP contribution is -2.25. The van der Waals surface area contributed by atoms with E-state index >= 15 is 0 Å². The number of thiophene rings is 1. The van der Waals surface area contributed by atoms with E-state index in [4.69, 9.17) is 0 Å². The van der Waals surface area contributed by atoms with Crippen LogP contribution in [0.5, 0.6) is 0 Å². The van der Waals surface area contributed by atoms with Crippen molar-refractivity contribution in [2.75, 3.05) is 24.4 Å². The van der Waals surface area contributed by atoms with Crippen LogP contribution in [0, 0.1) is 6.92 Å². The summed E-state index contributed by atoms with van der Waals surface area (Å²) >= 11 is 1.43. The van der Waals surface area contributed by atoms with E-state index in [-0.39, 0.29) is 24.4 Å². The maximum absolute atomic E-state index is 13.2. The molecule has 2 amide bonds. The minimum Gasteiger partial charge on any atom is -0.452 e. The highest BCUT2D eigenvalue weighted by Crippen LogP contribution is 2.30. The second kappa shape index (κ2) is 9.88. The molecule has 0 unspecified atom stereocenters. The normalized spacial score (nSPS) is 10.8. The summed E-state index contributed by atoms with van der Waals surface area (Å²) in [5.41, 5.74) is 4.03. The summed E-state index contributed by atoms with van der Waals surface area (Å²) in [5, 5.41) is 5.33. The molecular formula is C25H24N4O4S. The van der Waals surface area contributed by atoms with Gasteiger partial charge < -0.3 is 10.1 Å². The fourth-order valence-electron chi connectivity index (χ4n) is 3.53. The second-order valence-corrected chi connectivity index (χ2v) is 8.67. The standard InChI is InChI=1S/C25H24N4O4S/c1-16-4-6-17(7-5-16)20-14-34-23-22(20)24(31)29(15-26-23)13-12-21(30)27-18-8-10-19(11-9-18)28(2)25(32)33-3/h4-11,14-15H,12-13H2,1-3H3,(H,27,30). The minimum absolute atomic E-state index is 0.112. The molecule has 0 radical (unpaired) electrons. The van der Waals surface area contributed by atoms with E-state index < -0.39 is 6.09 Å². The Hall–Kier alpha value is -3.98. The zero-order valence-electron chi connectivity index (χ0n) is 19.1. The quantitative estimate of drug-likeness (QED) is 0.437. The monoisotopic (exact) mass is 476 g/mol. The third-order valence-electron chi connectivity index (χ3n) is 5.49. The predicted molar refractivity (Wildman–Crippen MR) is 135 cm³/mol. The molecule has 1 N–H and O–H groups in total. The van der Waals surface area contributed by atoms with Crippen LogP contribution in [0.3, 0.4) is 0 Å². The molecule has 0 aliphatic carbocycles. The van der Waals surface area contributed by atoms with Crippen molar-refractivity contribution in [3.63, 3.8) is 0 Å². The van der Waals surface area contributed by atoms with Gasteiger partial charge in [-0.15, -0.1) is 11.3 Å². The number of nitrogens with zero attached hydrogens (tertiary/aromatic N) is 3. The van der Waals surface area contributed by atoms with E-state index in [1.807, 2.05) is 36.6 Å². The van der Waals surface area contributed by atoms with Crippen molar-refractivity contribution in [1.29, 1.82) is 0 Å². The summed E-state index contributed by atoms with van der Waals surface area (Å²) < 4.78 is 6.16. The van der Waals surface area contributed by atoms with Gasteiger partial charge in [0, 0.05) is 42.3 Å². The number of aryl methyl sites for hydroxylation is 2. The molecule has 0 spiro atoms. The Morgan fingerprint density at radius 3 is 2.50 bits per heavy atom. The molecule has 0 fully saturated rings. The Labute approximate surface area is 200 Å². The van der Waals surface area contributed by atoms with Crippen LogP contribution in [-0.4, -0.2) is 35.7 Å². The summed E-state index contributed by atoms with van der Waals surface area (Å²) in [6.45, 7) is 2.23. The first-order chi connectivity index (χ1) is 16.4. The fourth-order valence-corrected chi connectivity index (χ4v) is 4.44. The molecule has 0 aliphatic heterocycles. The number of rotatable bonds is 6. The van der Waals surface area contributed by atoms with Crippen LogP contribution in [0.1, 0.15) is 12.0 Å². The van der Waals surface area contributed by atoms with Gasteiger partial charge in [-0.1, -0.05) is 29.8 Å². The highest BCUT2D eigenvalue weighted by molar-refractivity contribution is 7.17. The lowest BCUT2D eigenvalue weighted by Gasteiger charge is -2.16. The van der Waals surface area contributed by atoms with Crippen LogP contribution >= 0.6 is 11.3 Å². The van der Waals surface area contributed by atoms with Crippen LogP contribution in [0.4, 0.5) is 16.2 Å². The first kappa shape index (κ1) is 23.2.